The summed E-state index contributed by atoms with van der Waals surface area (Å²) < 4.78 is 6.67. The van der Waals surface area contributed by atoms with Gasteiger partial charge in [-0.2, -0.15) is 5.10 Å². The monoisotopic (exact) mass is 259 g/mol. The van der Waals surface area contributed by atoms with Gasteiger partial charge in [-0.25, -0.2) is 0 Å². The Balaban J connectivity index is 2.80. The molecule has 0 aliphatic rings. The van der Waals surface area contributed by atoms with Gasteiger partial charge in [-0.05, 0) is 6.92 Å². The van der Waals surface area contributed by atoms with Gasteiger partial charge in [-0.1, -0.05) is 0 Å². The number of ether oxygens (including phenoxy) is 1. The van der Waals surface area contributed by atoms with Crippen molar-refractivity contribution in [2.24, 2.45) is 7.05 Å². The SMILES string of the molecule is COCCN(CCCl)C(=O)c1cnn(C)c1C. The second kappa shape index (κ2) is 6.61. The average Bonchev–Trinajstić information content (AvgIpc) is 2.65. The van der Waals surface area contributed by atoms with Crippen LogP contribution in [0.15, 0.2) is 6.20 Å². The van der Waals surface area contributed by atoms with Gasteiger partial charge in [0.2, 0.25) is 0 Å². The smallest absolute Gasteiger partial charge is 0.257 e. The Kier molecular flexibility index (Phi) is 5.44. The second-order valence-electron chi connectivity index (χ2n) is 3.74. The molecule has 0 N–H and O–H groups in total. The first-order chi connectivity index (χ1) is 8.11. The summed E-state index contributed by atoms with van der Waals surface area (Å²) in [7, 11) is 3.42. The van der Waals surface area contributed by atoms with Gasteiger partial charge in [0.1, 0.15) is 0 Å². The molecule has 17 heavy (non-hydrogen) atoms. The number of halogens is 1. The summed E-state index contributed by atoms with van der Waals surface area (Å²) in [5.74, 6) is 0.364. The van der Waals surface area contributed by atoms with Gasteiger partial charge in [0, 0.05) is 38.8 Å². The molecule has 0 bridgehead atoms. The molecule has 1 aromatic heterocycles. The number of nitrogens with zero attached hydrogens (tertiary/aromatic N) is 3. The highest BCUT2D eigenvalue weighted by Crippen LogP contribution is 2.09. The molecule has 0 spiro atoms. The molecule has 1 rings (SSSR count). The molecule has 1 aromatic rings. The van der Waals surface area contributed by atoms with Crippen LogP contribution in [0, 0.1) is 6.92 Å². The predicted molar refractivity (Wildman–Crippen MR) is 66.4 cm³/mol. The summed E-state index contributed by atoms with van der Waals surface area (Å²) in [5.41, 5.74) is 1.47. The van der Waals surface area contributed by atoms with Gasteiger partial charge >= 0.3 is 0 Å². The lowest BCUT2D eigenvalue weighted by atomic mass is 10.2. The van der Waals surface area contributed by atoms with E-state index >= 15 is 0 Å². The molecule has 0 radical (unpaired) electrons. The van der Waals surface area contributed by atoms with Crippen molar-refractivity contribution in [2.45, 2.75) is 6.92 Å². The number of amides is 1. The van der Waals surface area contributed by atoms with Gasteiger partial charge < -0.3 is 9.64 Å². The molecule has 0 aliphatic heterocycles. The highest BCUT2D eigenvalue weighted by atomic mass is 35.5. The maximum atomic E-state index is 12.2. The number of hydrogen-bond donors (Lipinski definition) is 0. The summed E-state index contributed by atoms with van der Waals surface area (Å²) in [5, 5.41) is 4.06. The number of rotatable bonds is 6. The van der Waals surface area contributed by atoms with Crippen LogP contribution < -0.4 is 0 Å². The van der Waals surface area contributed by atoms with Crippen LogP contribution in [0.2, 0.25) is 0 Å². The van der Waals surface area contributed by atoms with E-state index in [1.54, 1.807) is 22.9 Å². The average molecular weight is 260 g/mol. The molecule has 0 atom stereocenters. The molecular weight excluding hydrogens is 242 g/mol. The molecule has 0 saturated carbocycles. The van der Waals surface area contributed by atoms with Crippen molar-refractivity contribution >= 4 is 17.5 Å². The van der Waals surface area contributed by atoms with E-state index in [0.717, 1.165) is 5.69 Å². The first-order valence-electron chi connectivity index (χ1n) is 5.44. The minimum absolute atomic E-state index is 0.0479. The highest BCUT2D eigenvalue weighted by Gasteiger charge is 2.19. The first-order valence-corrected chi connectivity index (χ1v) is 5.98. The van der Waals surface area contributed by atoms with Crippen molar-refractivity contribution in [1.29, 1.82) is 0 Å². The molecule has 6 heteroatoms. The molecule has 0 aromatic carbocycles. The van der Waals surface area contributed by atoms with E-state index in [2.05, 4.69) is 5.10 Å². The van der Waals surface area contributed by atoms with Crippen molar-refractivity contribution in [3.63, 3.8) is 0 Å². The summed E-state index contributed by atoms with van der Waals surface area (Å²) in [6, 6.07) is 0. The number of methoxy groups -OCH3 is 1. The molecule has 1 heterocycles. The molecule has 96 valence electrons. The molecule has 0 aliphatic carbocycles. The molecule has 0 fully saturated rings. The van der Waals surface area contributed by atoms with Gasteiger partial charge in [0.25, 0.3) is 5.91 Å². The van der Waals surface area contributed by atoms with Crippen molar-refractivity contribution in [2.75, 3.05) is 32.7 Å². The third-order valence-corrected chi connectivity index (χ3v) is 2.84. The normalized spacial score (nSPS) is 10.6. The molecule has 1 amide bonds. The van der Waals surface area contributed by atoms with E-state index < -0.39 is 0 Å². The third kappa shape index (κ3) is 3.44. The summed E-state index contributed by atoms with van der Waals surface area (Å²) in [6.07, 6.45) is 1.59. The number of carbonyl (C=O) groups excluding carboxylic acids is 1. The number of alkyl halides is 1. The Morgan fingerprint density at radius 1 is 1.59 bits per heavy atom. The van der Waals surface area contributed by atoms with Crippen LogP contribution >= 0.6 is 11.6 Å². The van der Waals surface area contributed by atoms with Crippen LogP contribution in [-0.2, 0) is 11.8 Å². The summed E-state index contributed by atoms with van der Waals surface area (Å²) >= 11 is 5.70. The third-order valence-electron chi connectivity index (χ3n) is 2.67. The second-order valence-corrected chi connectivity index (χ2v) is 4.12. The van der Waals surface area contributed by atoms with Crippen molar-refractivity contribution in [1.82, 2.24) is 14.7 Å². The van der Waals surface area contributed by atoms with Crippen LogP contribution in [0.25, 0.3) is 0 Å². The number of hydrogen-bond acceptors (Lipinski definition) is 3. The fourth-order valence-electron chi connectivity index (χ4n) is 1.50. The van der Waals surface area contributed by atoms with Gasteiger partial charge in [0.15, 0.2) is 0 Å². The topological polar surface area (TPSA) is 47.4 Å². The molecule has 5 nitrogen and oxygen atoms in total. The van der Waals surface area contributed by atoms with Crippen molar-refractivity contribution in [3.8, 4) is 0 Å². The molecule has 0 saturated heterocycles. The maximum absolute atomic E-state index is 12.2. The van der Waals surface area contributed by atoms with Gasteiger partial charge in [-0.15, -0.1) is 11.6 Å². The highest BCUT2D eigenvalue weighted by molar-refractivity contribution is 6.18. The fraction of sp³-hybridized carbons (Fsp3) is 0.636. The van der Waals surface area contributed by atoms with Gasteiger partial charge in [0.05, 0.1) is 18.4 Å². The Labute approximate surface area is 106 Å². The summed E-state index contributed by atoms with van der Waals surface area (Å²) in [4.78, 5) is 13.9. The van der Waals surface area contributed by atoms with E-state index in [9.17, 15) is 4.79 Å². The predicted octanol–water partition coefficient (Wildman–Crippen LogP) is 1.06. The lowest BCUT2D eigenvalue weighted by molar-refractivity contribution is 0.0707. The van der Waals surface area contributed by atoms with Crippen LogP contribution in [0.4, 0.5) is 0 Å². The zero-order valence-electron chi connectivity index (χ0n) is 10.4. The van der Waals surface area contributed by atoms with Crippen LogP contribution in [0.3, 0.4) is 0 Å². The number of carbonyl (C=O) groups is 1. The van der Waals surface area contributed by atoms with Crippen molar-refractivity contribution < 1.29 is 9.53 Å². The minimum Gasteiger partial charge on any atom is -0.383 e. The Morgan fingerprint density at radius 3 is 2.76 bits per heavy atom. The van der Waals surface area contributed by atoms with E-state index in [4.69, 9.17) is 16.3 Å². The zero-order chi connectivity index (χ0) is 12.8. The quantitative estimate of drug-likeness (QED) is 0.718. The largest absolute Gasteiger partial charge is 0.383 e. The lowest BCUT2D eigenvalue weighted by Gasteiger charge is -2.21. The van der Waals surface area contributed by atoms with E-state index in [0.29, 0.717) is 31.1 Å². The molecular formula is C11H18ClN3O2. The summed E-state index contributed by atoms with van der Waals surface area (Å²) in [6.45, 7) is 3.42. The van der Waals surface area contributed by atoms with Gasteiger partial charge in [-0.3, -0.25) is 9.48 Å². The van der Waals surface area contributed by atoms with Crippen LogP contribution in [0.5, 0.6) is 0 Å². The standard InChI is InChI=1S/C11H18ClN3O2/c1-9-10(8-13-14(9)2)11(16)15(5-4-12)6-7-17-3/h8H,4-7H2,1-3H3. The first kappa shape index (κ1) is 14.0. The number of aromatic nitrogens is 2. The number of aryl methyl sites for hydroxylation is 1. The minimum atomic E-state index is -0.0479. The van der Waals surface area contributed by atoms with Crippen LogP contribution in [-0.4, -0.2) is 53.3 Å². The van der Waals surface area contributed by atoms with E-state index in [1.807, 2.05) is 14.0 Å². The van der Waals surface area contributed by atoms with E-state index in [-0.39, 0.29) is 5.91 Å². The Hall–Kier alpha value is -1.07. The fourth-order valence-corrected chi connectivity index (χ4v) is 1.70. The zero-order valence-corrected chi connectivity index (χ0v) is 11.2. The Bertz CT molecular complexity index is 379. The van der Waals surface area contributed by atoms with Crippen molar-refractivity contribution in [3.05, 3.63) is 17.5 Å². The van der Waals surface area contributed by atoms with E-state index in [1.165, 1.54) is 0 Å². The maximum Gasteiger partial charge on any atom is 0.257 e. The Morgan fingerprint density at radius 2 is 2.29 bits per heavy atom. The molecule has 0 unspecified atom stereocenters. The lowest BCUT2D eigenvalue weighted by Crippen LogP contribution is -2.35. The van der Waals surface area contributed by atoms with Crippen LogP contribution in [0.1, 0.15) is 16.1 Å².